The van der Waals surface area contributed by atoms with E-state index in [9.17, 15) is 13.2 Å². The number of piperidine rings is 1. The predicted molar refractivity (Wildman–Crippen MR) is 120 cm³/mol. The van der Waals surface area contributed by atoms with Crippen LogP contribution in [0.3, 0.4) is 0 Å². The van der Waals surface area contributed by atoms with Gasteiger partial charge >= 0.3 is 16.3 Å². The van der Waals surface area contributed by atoms with E-state index < -0.39 is 16.3 Å². The Kier molecular flexibility index (Phi) is 6.04. The molecule has 1 saturated carbocycles. The van der Waals surface area contributed by atoms with Gasteiger partial charge in [-0.2, -0.15) is 13.1 Å². The molecule has 2 heterocycles. The molecule has 1 aliphatic carbocycles. The maximum atomic E-state index is 11.8. The third-order valence-electron chi connectivity index (χ3n) is 6.65. The molecule has 4 rings (SSSR count). The molecule has 0 unspecified atom stereocenters. The molecule has 10 nitrogen and oxygen atoms in total. The van der Waals surface area contributed by atoms with Crippen LogP contribution in [0.1, 0.15) is 25.7 Å². The summed E-state index contributed by atoms with van der Waals surface area (Å²) in [6.07, 6.45) is 3.97. The summed E-state index contributed by atoms with van der Waals surface area (Å²) in [4.78, 5) is 17.5. The van der Waals surface area contributed by atoms with Crippen LogP contribution in [0.5, 0.6) is 11.5 Å². The van der Waals surface area contributed by atoms with E-state index in [1.165, 1.54) is 4.72 Å². The fourth-order valence-corrected chi connectivity index (χ4v) is 5.53. The minimum Gasteiger partial charge on any atom is -0.493 e. The van der Waals surface area contributed by atoms with Gasteiger partial charge in [-0.1, -0.05) is 0 Å². The minimum atomic E-state index is -4.04. The summed E-state index contributed by atoms with van der Waals surface area (Å²) in [6, 6.07) is 5.84. The molecule has 0 radical (unpaired) electrons. The van der Waals surface area contributed by atoms with E-state index in [-0.39, 0.29) is 12.0 Å². The number of carboxylic acid groups (broad SMARTS) is 1. The van der Waals surface area contributed by atoms with E-state index >= 15 is 0 Å². The minimum absolute atomic E-state index is 0.0871. The average molecular weight is 465 g/mol. The predicted octanol–water partition coefficient (Wildman–Crippen LogP) is 2.35. The third kappa shape index (κ3) is 4.53. The van der Waals surface area contributed by atoms with Gasteiger partial charge in [0, 0.05) is 43.0 Å². The van der Waals surface area contributed by atoms with Crippen LogP contribution in [0.4, 0.5) is 10.5 Å². The molecule has 1 amide bonds. The zero-order chi connectivity index (χ0) is 22.9. The van der Waals surface area contributed by atoms with Crippen molar-refractivity contribution in [2.75, 3.05) is 38.8 Å². The Labute approximate surface area is 187 Å². The van der Waals surface area contributed by atoms with E-state index in [4.69, 9.17) is 14.6 Å². The summed E-state index contributed by atoms with van der Waals surface area (Å²) in [6.45, 7) is 1.95. The van der Waals surface area contributed by atoms with E-state index in [1.54, 1.807) is 20.4 Å². The number of hydrogen-bond acceptors (Lipinski definition) is 7. The molecule has 11 heteroatoms. The van der Waals surface area contributed by atoms with E-state index in [1.807, 2.05) is 18.2 Å². The number of nitrogens with zero attached hydrogens (tertiary/aromatic N) is 2. The molecule has 0 atom stereocenters. The number of pyridine rings is 1. The fraction of sp³-hybridized carbons (Fsp3) is 0.524. The third-order valence-corrected chi connectivity index (χ3v) is 7.62. The first kappa shape index (κ1) is 22.4. The molecule has 1 aromatic carbocycles. The maximum Gasteiger partial charge on any atom is 0.419 e. The lowest BCUT2D eigenvalue weighted by Crippen LogP contribution is -2.45. The number of hydrogen-bond donors (Lipinski definition) is 3. The van der Waals surface area contributed by atoms with Crippen LogP contribution >= 0.6 is 0 Å². The van der Waals surface area contributed by atoms with Crippen LogP contribution in [0.25, 0.3) is 10.9 Å². The van der Waals surface area contributed by atoms with Crippen molar-refractivity contribution in [3.8, 4) is 11.5 Å². The summed E-state index contributed by atoms with van der Waals surface area (Å²) in [5.41, 5.74) is 1.84. The van der Waals surface area contributed by atoms with Gasteiger partial charge in [-0.15, -0.1) is 0 Å². The number of rotatable bonds is 8. The average Bonchev–Trinajstić information content (AvgIpc) is 3.57. The molecule has 2 aliphatic rings. The number of methoxy groups -OCH3 is 2. The second-order valence-corrected chi connectivity index (χ2v) is 9.91. The topological polar surface area (TPSA) is 130 Å². The lowest BCUT2D eigenvalue weighted by Gasteiger charge is -2.38. The Balaban J connectivity index is 1.45. The van der Waals surface area contributed by atoms with Gasteiger partial charge in [-0.05, 0) is 49.1 Å². The quantitative estimate of drug-likeness (QED) is 0.543. The van der Waals surface area contributed by atoms with Gasteiger partial charge in [-0.3, -0.25) is 4.98 Å². The van der Waals surface area contributed by atoms with Gasteiger partial charge in [0.05, 0.1) is 19.7 Å². The molecule has 0 bridgehead atoms. The van der Waals surface area contributed by atoms with Crippen molar-refractivity contribution in [1.82, 2.24) is 14.4 Å². The largest absolute Gasteiger partial charge is 0.493 e. The summed E-state index contributed by atoms with van der Waals surface area (Å²) in [5.74, 6) is 1.68. The normalized spacial score (nSPS) is 18.4. The molecular formula is C21H28N4O6S. The van der Waals surface area contributed by atoms with Crippen LogP contribution in [0.2, 0.25) is 0 Å². The lowest BCUT2D eigenvalue weighted by atomic mass is 9.81. The summed E-state index contributed by atoms with van der Waals surface area (Å²) in [7, 11) is -0.830. The highest BCUT2D eigenvalue weighted by molar-refractivity contribution is 7.88. The van der Waals surface area contributed by atoms with Crippen LogP contribution in [-0.4, -0.2) is 58.5 Å². The first-order valence-corrected chi connectivity index (χ1v) is 12.0. The second-order valence-electron chi connectivity index (χ2n) is 8.41. The van der Waals surface area contributed by atoms with Gasteiger partial charge in [0.15, 0.2) is 11.5 Å². The summed E-state index contributed by atoms with van der Waals surface area (Å²) < 4.78 is 38.4. The number of amides is 1. The van der Waals surface area contributed by atoms with Crippen molar-refractivity contribution in [3.63, 3.8) is 0 Å². The van der Waals surface area contributed by atoms with Gasteiger partial charge in [0.25, 0.3) is 0 Å². The highest BCUT2D eigenvalue weighted by atomic mass is 32.2. The summed E-state index contributed by atoms with van der Waals surface area (Å²) >= 11 is 0. The number of anilines is 1. The van der Waals surface area contributed by atoms with Crippen molar-refractivity contribution in [1.29, 1.82) is 0 Å². The molecule has 1 aliphatic heterocycles. The van der Waals surface area contributed by atoms with E-state index in [0.29, 0.717) is 17.4 Å². The number of ether oxygens (including phenoxy) is 2. The zero-order valence-electron chi connectivity index (χ0n) is 18.1. The lowest BCUT2D eigenvalue weighted by molar-refractivity contribution is 0.200. The Bertz CT molecular complexity index is 1110. The maximum absolute atomic E-state index is 11.8. The Morgan fingerprint density at radius 2 is 1.88 bits per heavy atom. The van der Waals surface area contributed by atoms with Gasteiger partial charge in [-0.25, -0.2) is 9.52 Å². The molecule has 3 N–H and O–H groups in total. The molecule has 2 aromatic rings. The fourth-order valence-electron chi connectivity index (χ4n) is 4.75. The Morgan fingerprint density at radius 3 is 2.47 bits per heavy atom. The first-order chi connectivity index (χ1) is 15.3. The molecule has 1 saturated heterocycles. The number of benzene rings is 1. The number of carbonyl (C=O) groups is 1. The van der Waals surface area contributed by atoms with Crippen molar-refractivity contribution in [2.24, 2.45) is 11.3 Å². The summed E-state index contributed by atoms with van der Waals surface area (Å²) in [5, 5.41) is 9.66. The zero-order valence-corrected chi connectivity index (χ0v) is 18.9. The van der Waals surface area contributed by atoms with Gasteiger partial charge < -0.3 is 19.5 Å². The standard InChI is InChI=1S/C21H28N4O6S/c1-30-18-11-15-16(12-19(18)31-2)22-8-3-17(15)25-9-4-14(5-10-25)21(6-7-21)13-23-32(28,29)24-20(26)27/h3,8,11-12,14,23-24H,4-7,9-10,13H2,1-2H3,(H,26,27). The van der Waals surface area contributed by atoms with Crippen LogP contribution in [0.15, 0.2) is 24.4 Å². The Hall–Kier alpha value is -2.79. The van der Waals surface area contributed by atoms with Gasteiger partial charge in [0.1, 0.15) is 0 Å². The SMILES string of the molecule is COc1cc2nccc(N3CCC(C4(CNS(=O)(=O)NC(=O)O)CC4)CC3)c2cc1OC. The van der Waals surface area contributed by atoms with Crippen LogP contribution in [-0.2, 0) is 10.2 Å². The molecule has 32 heavy (non-hydrogen) atoms. The number of fused-ring (bicyclic) bond motifs is 1. The van der Waals surface area contributed by atoms with Gasteiger partial charge in [0.2, 0.25) is 0 Å². The van der Waals surface area contributed by atoms with Crippen molar-refractivity contribution < 1.29 is 27.8 Å². The molecular weight excluding hydrogens is 436 g/mol. The second kappa shape index (κ2) is 8.62. The highest BCUT2D eigenvalue weighted by Gasteiger charge is 2.50. The van der Waals surface area contributed by atoms with E-state index in [0.717, 1.165) is 55.4 Å². The monoisotopic (exact) mass is 464 g/mol. The first-order valence-electron chi connectivity index (χ1n) is 10.5. The molecule has 1 aromatic heterocycles. The van der Waals surface area contributed by atoms with Crippen molar-refractivity contribution in [2.45, 2.75) is 25.7 Å². The van der Waals surface area contributed by atoms with Crippen LogP contribution < -0.4 is 23.8 Å². The number of nitrogens with one attached hydrogen (secondary N) is 2. The number of aromatic nitrogens is 1. The Morgan fingerprint density at radius 1 is 1.22 bits per heavy atom. The van der Waals surface area contributed by atoms with E-state index in [2.05, 4.69) is 14.6 Å². The highest BCUT2D eigenvalue weighted by Crippen LogP contribution is 2.55. The van der Waals surface area contributed by atoms with Crippen molar-refractivity contribution >= 4 is 32.9 Å². The molecule has 2 fully saturated rings. The smallest absolute Gasteiger partial charge is 0.419 e. The molecule has 174 valence electrons. The molecule has 0 spiro atoms. The van der Waals surface area contributed by atoms with Crippen molar-refractivity contribution in [3.05, 3.63) is 24.4 Å². The van der Waals surface area contributed by atoms with Crippen LogP contribution in [0, 0.1) is 11.3 Å².